The van der Waals surface area contributed by atoms with E-state index in [0.29, 0.717) is 22.4 Å². The van der Waals surface area contributed by atoms with Crippen LogP contribution < -0.4 is 5.69 Å². The van der Waals surface area contributed by atoms with Crippen molar-refractivity contribution in [2.24, 2.45) is 0 Å². The molecule has 0 spiro atoms. The van der Waals surface area contributed by atoms with Gasteiger partial charge >= 0.3 is 5.69 Å². The third-order valence-electron chi connectivity index (χ3n) is 4.02. The molecule has 0 N–H and O–H groups in total. The lowest BCUT2D eigenvalue weighted by molar-refractivity contribution is 0.626. The third-order valence-corrected chi connectivity index (χ3v) is 4.76. The monoisotopic (exact) mass is 360 g/mol. The van der Waals surface area contributed by atoms with Gasteiger partial charge < -0.3 is 0 Å². The maximum Gasteiger partial charge on any atom is 0.346 e. The second kappa shape index (κ2) is 6.07. The Morgan fingerprint density at radius 3 is 2.67 bits per heavy atom. The third kappa shape index (κ3) is 2.85. The van der Waals surface area contributed by atoms with Crippen molar-refractivity contribution in [3.63, 3.8) is 0 Å². The van der Waals surface area contributed by atoms with E-state index in [2.05, 4.69) is 10.1 Å². The first-order valence-corrected chi connectivity index (χ1v) is 8.43. The van der Waals surface area contributed by atoms with Crippen molar-refractivity contribution < 1.29 is 0 Å². The Balaban J connectivity index is 1.76. The predicted octanol–water partition coefficient (Wildman–Crippen LogP) is 3.80. The number of benzene rings is 1. The fourth-order valence-corrected chi connectivity index (χ4v) is 3.01. The number of pyridine rings is 1. The Morgan fingerprint density at radius 2 is 2.00 bits per heavy atom. The van der Waals surface area contributed by atoms with Gasteiger partial charge in [-0.25, -0.2) is 9.48 Å². The van der Waals surface area contributed by atoms with Crippen LogP contribution in [0.15, 0.2) is 47.5 Å². The molecule has 7 heteroatoms. The molecule has 24 heavy (non-hydrogen) atoms. The highest BCUT2D eigenvalue weighted by Gasteiger charge is 2.30. The highest BCUT2D eigenvalue weighted by molar-refractivity contribution is 6.42. The molecule has 122 valence electrons. The molecule has 0 atom stereocenters. The summed E-state index contributed by atoms with van der Waals surface area (Å²) in [5.74, 6) is 0.663. The summed E-state index contributed by atoms with van der Waals surface area (Å²) in [7, 11) is 0. The van der Waals surface area contributed by atoms with E-state index in [1.165, 1.54) is 4.68 Å². The summed E-state index contributed by atoms with van der Waals surface area (Å²) >= 11 is 12.0. The normalized spacial score (nSPS) is 14.1. The minimum Gasteiger partial charge on any atom is -0.272 e. The van der Waals surface area contributed by atoms with E-state index in [-0.39, 0.29) is 11.7 Å². The smallest absolute Gasteiger partial charge is 0.272 e. The van der Waals surface area contributed by atoms with Gasteiger partial charge in [-0.3, -0.25) is 9.55 Å². The van der Waals surface area contributed by atoms with Gasteiger partial charge in [-0.1, -0.05) is 29.3 Å². The maximum absolute atomic E-state index is 12.8. The van der Waals surface area contributed by atoms with Crippen LogP contribution in [0.25, 0.3) is 11.4 Å². The largest absolute Gasteiger partial charge is 0.346 e. The minimum atomic E-state index is -0.109. The SMILES string of the molecule is O=c1n(Cc2ccc(Cl)c(Cl)c2)nc(-c2cccnc2)n1C1CC1. The standard InChI is InChI=1S/C17H14Cl2N4O/c18-14-6-3-11(8-15(14)19)10-22-17(24)23(13-4-5-13)16(21-22)12-2-1-7-20-9-12/h1-3,6-9,13H,4-5,10H2. The summed E-state index contributed by atoms with van der Waals surface area (Å²) in [6.07, 6.45) is 5.44. The van der Waals surface area contributed by atoms with E-state index in [9.17, 15) is 4.79 Å². The van der Waals surface area contributed by atoms with E-state index in [0.717, 1.165) is 24.0 Å². The van der Waals surface area contributed by atoms with Gasteiger partial charge in [0.25, 0.3) is 0 Å². The molecule has 0 bridgehead atoms. The van der Waals surface area contributed by atoms with Gasteiger partial charge in [0.05, 0.1) is 16.6 Å². The number of aromatic nitrogens is 4. The summed E-state index contributed by atoms with van der Waals surface area (Å²) in [6, 6.07) is 9.32. The molecule has 0 aliphatic heterocycles. The lowest BCUT2D eigenvalue weighted by atomic mass is 10.2. The van der Waals surface area contributed by atoms with Gasteiger partial charge in [0.2, 0.25) is 0 Å². The van der Waals surface area contributed by atoms with Crippen LogP contribution in [0.2, 0.25) is 10.0 Å². The van der Waals surface area contributed by atoms with Crippen molar-refractivity contribution in [1.29, 1.82) is 0 Å². The molecule has 0 unspecified atom stereocenters. The molecule has 5 nitrogen and oxygen atoms in total. The summed E-state index contributed by atoms with van der Waals surface area (Å²) in [6.45, 7) is 0.350. The van der Waals surface area contributed by atoms with E-state index in [1.54, 1.807) is 29.1 Å². The Hall–Kier alpha value is -2.11. The van der Waals surface area contributed by atoms with Gasteiger partial charge in [0.15, 0.2) is 5.82 Å². The summed E-state index contributed by atoms with van der Waals surface area (Å²) in [5, 5.41) is 5.50. The van der Waals surface area contributed by atoms with Crippen molar-refractivity contribution in [2.75, 3.05) is 0 Å². The predicted molar refractivity (Wildman–Crippen MR) is 93.6 cm³/mol. The summed E-state index contributed by atoms with van der Waals surface area (Å²) < 4.78 is 3.24. The zero-order valence-corrected chi connectivity index (χ0v) is 14.2. The molecular formula is C17H14Cl2N4O. The van der Waals surface area contributed by atoms with Crippen LogP contribution in [0.3, 0.4) is 0 Å². The molecule has 0 saturated heterocycles. The Kier molecular flexibility index (Phi) is 3.90. The minimum absolute atomic E-state index is 0.109. The molecule has 4 rings (SSSR count). The topological polar surface area (TPSA) is 52.7 Å². The number of rotatable bonds is 4. The Bertz CT molecular complexity index is 945. The molecule has 1 aliphatic carbocycles. The van der Waals surface area contributed by atoms with Crippen LogP contribution in [0.4, 0.5) is 0 Å². The van der Waals surface area contributed by atoms with Crippen LogP contribution >= 0.6 is 23.2 Å². The zero-order valence-electron chi connectivity index (χ0n) is 12.7. The number of hydrogen-bond donors (Lipinski definition) is 0. The summed E-state index contributed by atoms with van der Waals surface area (Å²) in [4.78, 5) is 16.9. The van der Waals surface area contributed by atoms with Crippen molar-refractivity contribution in [2.45, 2.75) is 25.4 Å². The first-order valence-electron chi connectivity index (χ1n) is 7.67. The van der Waals surface area contributed by atoms with Crippen LogP contribution in [-0.4, -0.2) is 19.3 Å². The fraction of sp³-hybridized carbons (Fsp3) is 0.235. The highest BCUT2D eigenvalue weighted by Crippen LogP contribution is 2.36. The average Bonchev–Trinajstić information content (AvgIpc) is 3.37. The number of nitrogens with zero attached hydrogens (tertiary/aromatic N) is 4. The second-order valence-corrected chi connectivity index (χ2v) is 6.67. The van der Waals surface area contributed by atoms with Crippen LogP contribution in [0.1, 0.15) is 24.4 Å². The molecular weight excluding hydrogens is 347 g/mol. The highest BCUT2D eigenvalue weighted by atomic mass is 35.5. The molecule has 3 aromatic rings. The van der Waals surface area contributed by atoms with Crippen molar-refractivity contribution >= 4 is 23.2 Å². The Morgan fingerprint density at radius 1 is 1.17 bits per heavy atom. The number of hydrogen-bond acceptors (Lipinski definition) is 3. The zero-order chi connectivity index (χ0) is 16.7. The quantitative estimate of drug-likeness (QED) is 0.710. The lowest BCUT2D eigenvalue weighted by Gasteiger charge is -2.02. The van der Waals surface area contributed by atoms with Crippen LogP contribution in [0.5, 0.6) is 0 Å². The summed E-state index contributed by atoms with van der Waals surface area (Å²) in [5.41, 5.74) is 1.61. The van der Waals surface area contributed by atoms with Gasteiger partial charge in [-0.15, -0.1) is 5.10 Å². The van der Waals surface area contributed by atoms with Gasteiger partial charge in [0, 0.05) is 24.0 Å². The van der Waals surface area contributed by atoms with Gasteiger partial charge in [-0.2, -0.15) is 0 Å². The molecule has 2 heterocycles. The van der Waals surface area contributed by atoms with Gasteiger partial charge in [-0.05, 0) is 42.7 Å². The van der Waals surface area contributed by atoms with E-state index in [4.69, 9.17) is 23.2 Å². The molecule has 0 amide bonds. The molecule has 1 aromatic carbocycles. The molecule has 1 aliphatic rings. The van der Waals surface area contributed by atoms with Crippen LogP contribution in [-0.2, 0) is 6.54 Å². The van der Waals surface area contributed by atoms with Crippen LogP contribution in [0, 0.1) is 0 Å². The molecule has 0 radical (unpaired) electrons. The van der Waals surface area contributed by atoms with E-state index in [1.807, 2.05) is 18.2 Å². The average molecular weight is 361 g/mol. The fourth-order valence-electron chi connectivity index (χ4n) is 2.69. The van der Waals surface area contributed by atoms with Crippen molar-refractivity contribution in [3.8, 4) is 11.4 Å². The second-order valence-electron chi connectivity index (χ2n) is 5.86. The molecule has 2 aromatic heterocycles. The Labute approximate surface area is 148 Å². The van der Waals surface area contributed by atoms with Crippen molar-refractivity contribution in [1.82, 2.24) is 19.3 Å². The number of halogens is 2. The lowest BCUT2D eigenvalue weighted by Crippen LogP contribution is -2.25. The molecule has 1 fully saturated rings. The maximum atomic E-state index is 12.8. The molecule has 1 saturated carbocycles. The van der Waals surface area contributed by atoms with Crippen molar-refractivity contribution in [3.05, 3.63) is 68.8 Å². The first kappa shape index (κ1) is 15.4. The first-order chi connectivity index (χ1) is 11.6. The van der Waals surface area contributed by atoms with E-state index < -0.39 is 0 Å². The van der Waals surface area contributed by atoms with Gasteiger partial charge in [0.1, 0.15) is 0 Å². The van der Waals surface area contributed by atoms with E-state index >= 15 is 0 Å².